The first-order valence-corrected chi connectivity index (χ1v) is 13.7. The zero-order valence-corrected chi connectivity index (χ0v) is 22.1. The lowest BCUT2D eigenvalue weighted by molar-refractivity contribution is -0.124. The van der Waals surface area contributed by atoms with Gasteiger partial charge in [-0.2, -0.15) is 0 Å². The highest BCUT2D eigenvalue weighted by Crippen LogP contribution is 2.49. The van der Waals surface area contributed by atoms with Crippen LogP contribution in [0.2, 0.25) is 0 Å². The third kappa shape index (κ3) is 3.84. The van der Waals surface area contributed by atoms with E-state index in [4.69, 9.17) is 17.2 Å². The largest absolute Gasteiger partial charge is 0.398 e. The minimum Gasteiger partial charge on any atom is -0.398 e. The number of hydrogen-bond donors (Lipinski definition) is 4. The van der Waals surface area contributed by atoms with Gasteiger partial charge in [-0.15, -0.1) is 11.3 Å². The summed E-state index contributed by atoms with van der Waals surface area (Å²) in [6.45, 7) is 1.80. The van der Waals surface area contributed by atoms with Crippen molar-refractivity contribution >= 4 is 38.8 Å². The summed E-state index contributed by atoms with van der Waals surface area (Å²) in [5.41, 5.74) is 22.9. The minimum absolute atomic E-state index is 0.0420. The Hall–Kier alpha value is -3.56. The van der Waals surface area contributed by atoms with Crippen LogP contribution >= 0.6 is 11.3 Å². The van der Waals surface area contributed by atoms with E-state index >= 15 is 0 Å². The summed E-state index contributed by atoms with van der Waals surface area (Å²) in [6, 6.07) is 20.2. The highest BCUT2D eigenvalue weighted by Gasteiger charge is 2.49. The zero-order valence-electron chi connectivity index (χ0n) is 21.2. The number of nitrogens with two attached hydrogens (primary N) is 3. The van der Waals surface area contributed by atoms with Crippen molar-refractivity contribution in [3.8, 4) is 11.1 Å². The quantitative estimate of drug-likeness (QED) is 0.301. The fourth-order valence-electron chi connectivity index (χ4n) is 5.96. The summed E-state index contributed by atoms with van der Waals surface area (Å²) in [6.07, 6.45) is 1.94. The average molecular weight is 526 g/mol. The van der Waals surface area contributed by atoms with Gasteiger partial charge in [-0.1, -0.05) is 54.6 Å². The lowest BCUT2D eigenvalue weighted by Crippen LogP contribution is -2.52. The Balaban J connectivity index is 1.49. The van der Waals surface area contributed by atoms with Crippen molar-refractivity contribution in [3.63, 3.8) is 0 Å². The van der Waals surface area contributed by atoms with E-state index in [1.165, 1.54) is 11.3 Å². The number of nitrogen functional groups attached to an aromatic ring is 1. The number of benzene rings is 3. The third-order valence-electron chi connectivity index (χ3n) is 7.90. The van der Waals surface area contributed by atoms with Crippen LogP contribution in [0.4, 0.5) is 5.69 Å². The minimum atomic E-state index is -1.48. The first kappa shape index (κ1) is 24.8. The molecule has 2 aliphatic rings. The number of hydrogen-bond acceptors (Lipinski definition) is 7. The monoisotopic (exact) mass is 525 g/mol. The van der Waals surface area contributed by atoms with Gasteiger partial charge in [0.1, 0.15) is 5.54 Å². The van der Waals surface area contributed by atoms with Crippen molar-refractivity contribution in [1.29, 1.82) is 0 Å². The number of likely N-dealkylation sites (N-methyl/N-ethyl adjacent to an activating group) is 1. The van der Waals surface area contributed by atoms with Crippen LogP contribution in [0.15, 0.2) is 66.7 Å². The zero-order chi connectivity index (χ0) is 26.6. The van der Waals surface area contributed by atoms with E-state index in [1.54, 1.807) is 6.07 Å². The number of nitrogens with one attached hydrogen (secondary N) is 1. The van der Waals surface area contributed by atoms with Gasteiger partial charge in [0.15, 0.2) is 5.78 Å². The molecule has 0 bridgehead atoms. The molecule has 0 spiro atoms. The van der Waals surface area contributed by atoms with Gasteiger partial charge in [0.25, 0.3) is 5.91 Å². The van der Waals surface area contributed by atoms with Crippen molar-refractivity contribution < 1.29 is 9.59 Å². The van der Waals surface area contributed by atoms with Gasteiger partial charge < -0.3 is 27.4 Å². The first-order chi connectivity index (χ1) is 18.3. The molecule has 1 fully saturated rings. The summed E-state index contributed by atoms with van der Waals surface area (Å²) < 4.78 is 0.736. The predicted molar refractivity (Wildman–Crippen MR) is 153 cm³/mol. The molecule has 1 aliphatic carbocycles. The number of ketones is 1. The maximum absolute atomic E-state index is 14.1. The fourth-order valence-corrected chi connectivity index (χ4v) is 7.16. The smallest absolute Gasteiger partial charge is 0.262 e. The molecule has 1 aromatic heterocycles. The van der Waals surface area contributed by atoms with E-state index in [0.29, 0.717) is 27.3 Å². The second kappa shape index (κ2) is 9.32. The number of carbonyl (C=O) groups is 2. The standard InChI is InChI=1S/C30H31N5O2S/c1-35-14-6-11-20(16-35)34-29(37)27-24-23-21(12-13-22(31)26(23)38-27)30(33,28(36)25(24)32)19-10-5-9-18(15-19)17-7-3-2-4-8-17/h2-5,7-10,12-13,15,20,25H,6,11,14,16,31-33H2,1H3,(H,34,37). The number of anilines is 1. The lowest BCUT2D eigenvalue weighted by atomic mass is 9.70. The summed E-state index contributed by atoms with van der Waals surface area (Å²) in [5.74, 6) is -0.558. The molecule has 7 N–H and O–H groups in total. The van der Waals surface area contributed by atoms with Crippen molar-refractivity contribution in [2.45, 2.75) is 30.5 Å². The first-order valence-electron chi connectivity index (χ1n) is 12.9. The summed E-state index contributed by atoms with van der Waals surface area (Å²) in [5, 5.41) is 3.89. The maximum atomic E-state index is 14.1. The van der Waals surface area contributed by atoms with E-state index in [2.05, 4.69) is 17.3 Å². The highest BCUT2D eigenvalue weighted by atomic mass is 32.1. The molecule has 38 heavy (non-hydrogen) atoms. The normalized spacial score (nSPS) is 23.5. The van der Waals surface area contributed by atoms with Crippen LogP contribution in [0.3, 0.4) is 0 Å². The molecule has 1 saturated heterocycles. The van der Waals surface area contributed by atoms with Crippen molar-refractivity contribution in [2.75, 3.05) is 25.9 Å². The molecule has 0 radical (unpaired) electrons. The van der Waals surface area contributed by atoms with Crippen LogP contribution < -0.4 is 22.5 Å². The van der Waals surface area contributed by atoms with Crippen molar-refractivity contribution in [2.24, 2.45) is 11.5 Å². The average Bonchev–Trinajstić information content (AvgIpc) is 3.34. The van der Waals surface area contributed by atoms with Gasteiger partial charge in [0.2, 0.25) is 0 Å². The van der Waals surface area contributed by atoms with Crippen molar-refractivity contribution in [1.82, 2.24) is 10.2 Å². The molecule has 2 heterocycles. The van der Waals surface area contributed by atoms with Gasteiger partial charge in [-0.3, -0.25) is 9.59 Å². The van der Waals surface area contributed by atoms with Crippen LogP contribution in [-0.2, 0) is 10.3 Å². The second-order valence-electron chi connectivity index (χ2n) is 10.4. The Kier molecular flexibility index (Phi) is 6.07. The van der Waals surface area contributed by atoms with Gasteiger partial charge in [-0.05, 0) is 60.8 Å². The molecular formula is C30H31N5O2S. The van der Waals surface area contributed by atoms with E-state index < -0.39 is 11.6 Å². The fraction of sp³-hybridized carbons (Fsp3) is 0.267. The van der Waals surface area contributed by atoms with Crippen LogP contribution in [0.1, 0.15) is 45.2 Å². The van der Waals surface area contributed by atoms with Crippen LogP contribution in [0.25, 0.3) is 21.2 Å². The second-order valence-corrected chi connectivity index (χ2v) is 11.4. The number of carbonyl (C=O) groups excluding carboxylic acids is 2. The van der Waals surface area contributed by atoms with Crippen molar-refractivity contribution in [3.05, 3.63) is 88.3 Å². The van der Waals surface area contributed by atoms with E-state index in [9.17, 15) is 9.59 Å². The number of nitrogens with zero attached hydrogens (tertiary/aromatic N) is 1. The Morgan fingerprint density at radius 2 is 1.84 bits per heavy atom. The van der Waals surface area contributed by atoms with Gasteiger partial charge >= 0.3 is 0 Å². The molecule has 0 saturated carbocycles. The number of thiophene rings is 1. The Labute approximate surface area is 225 Å². The highest BCUT2D eigenvalue weighted by molar-refractivity contribution is 7.21. The molecule has 4 aromatic rings. The summed E-state index contributed by atoms with van der Waals surface area (Å²) >= 11 is 1.29. The molecule has 8 heteroatoms. The third-order valence-corrected chi connectivity index (χ3v) is 9.16. The van der Waals surface area contributed by atoms with E-state index in [0.717, 1.165) is 47.1 Å². The van der Waals surface area contributed by atoms with Gasteiger partial charge in [-0.25, -0.2) is 0 Å². The Morgan fingerprint density at radius 1 is 1.08 bits per heavy atom. The number of Topliss-reactive ketones (excluding diaryl/α,β-unsaturated/α-hetero) is 1. The van der Waals surface area contributed by atoms with Gasteiger partial charge in [0.05, 0.1) is 15.6 Å². The summed E-state index contributed by atoms with van der Waals surface area (Å²) in [4.78, 5) is 30.3. The maximum Gasteiger partial charge on any atom is 0.262 e. The van der Waals surface area contributed by atoms with Crippen LogP contribution in [-0.4, -0.2) is 42.8 Å². The summed E-state index contributed by atoms with van der Waals surface area (Å²) in [7, 11) is 2.05. The molecule has 7 nitrogen and oxygen atoms in total. The lowest BCUT2D eigenvalue weighted by Gasteiger charge is -2.37. The molecule has 3 aromatic carbocycles. The van der Waals surface area contributed by atoms with Crippen LogP contribution in [0.5, 0.6) is 0 Å². The number of piperidine rings is 1. The van der Waals surface area contributed by atoms with Gasteiger partial charge in [0, 0.05) is 29.2 Å². The van der Waals surface area contributed by atoms with Crippen LogP contribution in [0, 0.1) is 0 Å². The Morgan fingerprint density at radius 3 is 2.61 bits per heavy atom. The predicted octanol–water partition coefficient (Wildman–Crippen LogP) is 3.76. The molecule has 6 rings (SSSR count). The topological polar surface area (TPSA) is 127 Å². The molecule has 194 valence electrons. The number of likely N-dealkylation sites (tertiary alicyclic amines) is 1. The molecule has 1 aliphatic heterocycles. The van der Waals surface area contributed by atoms with E-state index in [-0.39, 0.29) is 17.7 Å². The molecule has 3 unspecified atom stereocenters. The molecule has 3 atom stereocenters. The SMILES string of the molecule is CN1CCCC(NC(=O)c2sc3c(N)ccc4c3c2C(N)C(=O)C4(N)c2cccc(-c3ccccc3)c2)C1. The number of amides is 1. The number of rotatable bonds is 4. The molecule has 1 amide bonds. The molecular weight excluding hydrogens is 494 g/mol. The van der Waals surface area contributed by atoms with E-state index in [1.807, 2.05) is 60.7 Å². The Bertz CT molecular complexity index is 1570.